The molecule has 0 aliphatic rings. The smallest absolute Gasteiger partial charge is 0.250 e. The molecule has 0 aliphatic heterocycles. The summed E-state index contributed by atoms with van der Waals surface area (Å²) in [6, 6.07) is 13.3. The van der Waals surface area contributed by atoms with Gasteiger partial charge in [-0.1, -0.05) is 32.0 Å². The molecular formula is C16H19N3O. The molecule has 20 heavy (non-hydrogen) atoms. The van der Waals surface area contributed by atoms with Crippen LogP contribution < -0.4 is 16.8 Å². The fourth-order valence-corrected chi connectivity index (χ4v) is 2.00. The van der Waals surface area contributed by atoms with Gasteiger partial charge in [0, 0.05) is 5.69 Å². The van der Waals surface area contributed by atoms with Crippen molar-refractivity contribution >= 4 is 23.0 Å². The zero-order valence-electron chi connectivity index (χ0n) is 11.7. The van der Waals surface area contributed by atoms with Gasteiger partial charge in [-0.15, -0.1) is 0 Å². The van der Waals surface area contributed by atoms with Crippen LogP contribution in [-0.2, 0) is 0 Å². The standard InChI is InChI=1S/C16H19N3O/c1-10(2)11-6-8-12(9-7-11)19-14-5-3-4-13(15(14)17)16(18)20/h3-10,19H,17H2,1-2H3,(H2,18,20). The number of nitrogen functional groups attached to an aromatic ring is 1. The van der Waals surface area contributed by atoms with Crippen molar-refractivity contribution in [3.8, 4) is 0 Å². The molecule has 0 aliphatic carbocycles. The number of primary amides is 1. The number of para-hydroxylation sites is 1. The second-order valence-electron chi connectivity index (χ2n) is 5.03. The van der Waals surface area contributed by atoms with Crippen molar-refractivity contribution in [1.82, 2.24) is 0 Å². The molecule has 0 saturated carbocycles. The van der Waals surface area contributed by atoms with Crippen LogP contribution >= 0.6 is 0 Å². The molecule has 1 amide bonds. The van der Waals surface area contributed by atoms with Crippen LogP contribution in [-0.4, -0.2) is 5.91 Å². The third-order valence-electron chi connectivity index (χ3n) is 3.23. The van der Waals surface area contributed by atoms with E-state index in [0.717, 1.165) is 5.69 Å². The second-order valence-corrected chi connectivity index (χ2v) is 5.03. The molecule has 0 aromatic heterocycles. The molecule has 2 aromatic rings. The Labute approximate surface area is 118 Å². The van der Waals surface area contributed by atoms with Gasteiger partial charge in [0.1, 0.15) is 0 Å². The average molecular weight is 269 g/mol. The molecule has 0 spiro atoms. The molecule has 0 fully saturated rings. The van der Waals surface area contributed by atoms with Crippen molar-refractivity contribution in [2.45, 2.75) is 19.8 Å². The highest BCUT2D eigenvalue weighted by Gasteiger charge is 2.09. The first kappa shape index (κ1) is 13.9. The van der Waals surface area contributed by atoms with Crippen LogP contribution in [0.4, 0.5) is 17.1 Å². The summed E-state index contributed by atoms with van der Waals surface area (Å²) in [5.74, 6) is -0.0337. The maximum atomic E-state index is 11.3. The predicted octanol–water partition coefficient (Wildman–Crippen LogP) is 3.23. The van der Waals surface area contributed by atoms with E-state index in [4.69, 9.17) is 11.5 Å². The number of nitrogens with two attached hydrogens (primary N) is 2. The van der Waals surface area contributed by atoms with E-state index in [-0.39, 0.29) is 0 Å². The van der Waals surface area contributed by atoms with E-state index < -0.39 is 5.91 Å². The van der Waals surface area contributed by atoms with Gasteiger partial charge in [-0.3, -0.25) is 4.79 Å². The molecule has 104 valence electrons. The third-order valence-corrected chi connectivity index (χ3v) is 3.23. The van der Waals surface area contributed by atoms with Gasteiger partial charge in [-0.2, -0.15) is 0 Å². The number of anilines is 3. The van der Waals surface area contributed by atoms with Gasteiger partial charge < -0.3 is 16.8 Å². The van der Waals surface area contributed by atoms with E-state index in [9.17, 15) is 4.79 Å². The Morgan fingerprint density at radius 2 is 1.75 bits per heavy atom. The number of hydrogen-bond acceptors (Lipinski definition) is 3. The molecule has 2 aromatic carbocycles. The van der Waals surface area contributed by atoms with Crippen LogP contribution in [0, 0.1) is 0 Å². The summed E-state index contributed by atoms with van der Waals surface area (Å²) in [7, 11) is 0. The normalized spacial score (nSPS) is 10.6. The molecule has 0 saturated heterocycles. The number of nitrogens with one attached hydrogen (secondary N) is 1. The summed E-state index contributed by atoms with van der Waals surface area (Å²) < 4.78 is 0. The molecule has 0 radical (unpaired) electrons. The highest BCUT2D eigenvalue weighted by molar-refractivity contribution is 6.01. The highest BCUT2D eigenvalue weighted by atomic mass is 16.1. The van der Waals surface area contributed by atoms with E-state index in [1.165, 1.54) is 5.56 Å². The Kier molecular flexibility index (Phi) is 3.94. The summed E-state index contributed by atoms with van der Waals surface area (Å²) in [6.07, 6.45) is 0. The van der Waals surface area contributed by atoms with Gasteiger partial charge in [0.05, 0.1) is 16.9 Å². The Bertz CT molecular complexity index is 618. The molecule has 4 nitrogen and oxygen atoms in total. The number of rotatable bonds is 4. The van der Waals surface area contributed by atoms with Crippen LogP contribution in [0.2, 0.25) is 0 Å². The zero-order chi connectivity index (χ0) is 14.7. The van der Waals surface area contributed by atoms with E-state index in [0.29, 0.717) is 22.9 Å². The quantitative estimate of drug-likeness (QED) is 0.745. The summed E-state index contributed by atoms with van der Waals surface area (Å²) >= 11 is 0. The first-order valence-electron chi connectivity index (χ1n) is 6.54. The van der Waals surface area contributed by atoms with Crippen LogP contribution in [0.5, 0.6) is 0 Å². The molecule has 0 atom stereocenters. The number of carbonyl (C=O) groups is 1. The van der Waals surface area contributed by atoms with Gasteiger partial charge >= 0.3 is 0 Å². The van der Waals surface area contributed by atoms with Gasteiger partial charge in [-0.25, -0.2) is 0 Å². The Morgan fingerprint density at radius 3 is 2.30 bits per heavy atom. The van der Waals surface area contributed by atoms with E-state index in [2.05, 4.69) is 31.3 Å². The molecular weight excluding hydrogens is 250 g/mol. The minimum Gasteiger partial charge on any atom is -0.396 e. The average Bonchev–Trinajstić information content (AvgIpc) is 2.41. The lowest BCUT2D eigenvalue weighted by atomic mass is 10.0. The van der Waals surface area contributed by atoms with Crippen LogP contribution in [0.25, 0.3) is 0 Å². The lowest BCUT2D eigenvalue weighted by molar-refractivity contribution is 0.100. The molecule has 4 heteroatoms. The first-order valence-corrected chi connectivity index (χ1v) is 6.54. The fraction of sp³-hybridized carbons (Fsp3) is 0.188. The van der Waals surface area contributed by atoms with Gasteiger partial charge in [0.15, 0.2) is 0 Å². The number of amides is 1. The van der Waals surface area contributed by atoms with E-state index in [1.807, 2.05) is 18.2 Å². The predicted molar refractivity (Wildman–Crippen MR) is 83.2 cm³/mol. The van der Waals surface area contributed by atoms with E-state index >= 15 is 0 Å². The molecule has 0 unspecified atom stereocenters. The van der Waals surface area contributed by atoms with Crippen LogP contribution in [0.15, 0.2) is 42.5 Å². The molecule has 0 heterocycles. The van der Waals surface area contributed by atoms with Crippen molar-refractivity contribution in [3.63, 3.8) is 0 Å². The van der Waals surface area contributed by atoms with E-state index in [1.54, 1.807) is 12.1 Å². The van der Waals surface area contributed by atoms with Crippen molar-refractivity contribution in [3.05, 3.63) is 53.6 Å². The Balaban J connectivity index is 2.26. The SMILES string of the molecule is CC(C)c1ccc(Nc2cccc(C(N)=O)c2N)cc1. The summed E-state index contributed by atoms with van der Waals surface area (Å²) in [6.45, 7) is 4.30. The topological polar surface area (TPSA) is 81.1 Å². The Morgan fingerprint density at radius 1 is 1.10 bits per heavy atom. The number of hydrogen-bond donors (Lipinski definition) is 3. The maximum absolute atomic E-state index is 11.3. The minimum atomic E-state index is -0.527. The zero-order valence-corrected chi connectivity index (χ0v) is 11.7. The van der Waals surface area contributed by atoms with Gasteiger partial charge in [-0.05, 0) is 35.7 Å². The minimum absolute atomic E-state index is 0.328. The number of carbonyl (C=O) groups excluding carboxylic acids is 1. The van der Waals surface area contributed by atoms with Crippen molar-refractivity contribution < 1.29 is 4.79 Å². The lowest BCUT2D eigenvalue weighted by Crippen LogP contribution is -2.14. The van der Waals surface area contributed by atoms with Crippen molar-refractivity contribution in [1.29, 1.82) is 0 Å². The first-order chi connectivity index (χ1) is 9.49. The molecule has 5 N–H and O–H groups in total. The largest absolute Gasteiger partial charge is 0.396 e. The number of benzene rings is 2. The second kappa shape index (κ2) is 5.65. The molecule has 2 rings (SSSR count). The highest BCUT2D eigenvalue weighted by Crippen LogP contribution is 2.27. The van der Waals surface area contributed by atoms with Crippen LogP contribution in [0.1, 0.15) is 35.7 Å². The van der Waals surface area contributed by atoms with Crippen molar-refractivity contribution in [2.24, 2.45) is 5.73 Å². The fourth-order valence-electron chi connectivity index (χ4n) is 2.00. The summed E-state index contributed by atoms with van der Waals surface area (Å²) in [5.41, 5.74) is 14.8. The molecule has 0 bridgehead atoms. The maximum Gasteiger partial charge on any atom is 0.250 e. The van der Waals surface area contributed by atoms with Crippen molar-refractivity contribution in [2.75, 3.05) is 11.1 Å². The summed E-state index contributed by atoms with van der Waals surface area (Å²) in [5, 5.41) is 3.20. The Hall–Kier alpha value is -2.49. The summed E-state index contributed by atoms with van der Waals surface area (Å²) in [4.78, 5) is 11.3. The van der Waals surface area contributed by atoms with Gasteiger partial charge in [0.2, 0.25) is 0 Å². The lowest BCUT2D eigenvalue weighted by Gasteiger charge is -2.12. The third kappa shape index (κ3) is 2.91. The monoisotopic (exact) mass is 269 g/mol. The van der Waals surface area contributed by atoms with Gasteiger partial charge in [0.25, 0.3) is 5.91 Å². The van der Waals surface area contributed by atoms with Crippen LogP contribution in [0.3, 0.4) is 0 Å².